The van der Waals surface area contributed by atoms with Gasteiger partial charge in [0.15, 0.2) is 0 Å². The van der Waals surface area contributed by atoms with Gasteiger partial charge in [0, 0.05) is 0 Å². The van der Waals surface area contributed by atoms with Gasteiger partial charge >= 0.3 is 0 Å². The molecule has 0 heteroatoms. The third-order valence-corrected chi connectivity index (χ3v) is 10.6. The van der Waals surface area contributed by atoms with E-state index in [4.69, 9.17) is 0 Å². The highest BCUT2D eigenvalue weighted by molar-refractivity contribution is 5.86. The zero-order chi connectivity index (χ0) is 37.7. The molecule has 0 fully saturated rings. The van der Waals surface area contributed by atoms with Gasteiger partial charge in [-0.3, -0.25) is 0 Å². The van der Waals surface area contributed by atoms with Crippen molar-refractivity contribution in [3.05, 3.63) is 249 Å². The second kappa shape index (κ2) is 15.9. The van der Waals surface area contributed by atoms with E-state index in [-0.39, 0.29) is 5.41 Å². The molecule has 54 heavy (non-hydrogen) atoms. The van der Waals surface area contributed by atoms with Crippen molar-refractivity contribution in [3.63, 3.8) is 0 Å². The Balaban J connectivity index is 0.000000140. The molecule has 0 aliphatic heterocycles. The van der Waals surface area contributed by atoms with Crippen molar-refractivity contribution in [1.82, 2.24) is 0 Å². The van der Waals surface area contributed by atoms with Gasteiger partial charge in [0.1, 0.15) is 0 Å². The molecule has 0 radical (unpaired) electrons. The molecular formula is C54H50. The number of hydrogen-bond donors (Lipinski definition) is 0. The fourth-order valence-electron chi connectivity index (χ4n) is 8.14. The van der Waals surface area contributed by atoms with Gasteiger partial charge in [0.25, 0.3) is 0 Å². The minimum Gasteiger partial charge on any atom is -0.0619 e. The van der Waals surface area contributed by atoms with E-state index in [2.05, 4.69) is 224 Å². The zero-order valence-corrected chi connectivity index (χ0v) is 32.5. The quantitative estimate of drug-likeness (QED) is 0.172. The lowest BCUT2D eigenvalue weighted by Gasteiger charge is -2.34. The predicted molar refractivity (Wildman–Crippen MR) is 232 cm³/mol. The summed E-state index contributed by atoms with van der Waals surface area (Å²) in [6.07, 6.45) is 1.03. The summed E-state index contributed by atoms with van der Waals surface area (Å²) >= 11 is 0. The highest BCUT2D eigenvalue weighted by Crippen LogP contribution is 2.56. The van der Waals surface area contributed by atoms with E-state index in [0.29, 0.717) is 0 Å². The van der Waals surface area contributed by atoms with Crippen LogP contribution in [0.5, 0.6) is 0 Å². The molecule has 0 spiro atoms. The van der Waals surface area contributed by atoms with Crippen molar-refractivity contribution in [2.75, 3.05) is 0 Å². The largest absolute Gasteiger partial charge is 0.0713 e. The Hall–Kier alpha value is -5.98. The molecule has 0 aromatic heterocycles. The van der Waals surface area contributed by atoms with E-state index in [0.717, 1.165) is 6.42 Å². The molecule has 9 rings (SSSR count). The molecule has 0 bridgehead atoms. The first-order valence-corrected chi connectivity index (χ1v) is 19.1. The minimum absolute atomic E-state index is 0.273. The molecule has 1 aliphatic carbocycles. The average Bonchev–Trinajstić information content (AvgIpc) is 3.47. The minimum atomic E-state index is -0.273. The summed E-state index contributed by atoms with van der Waals surface area (Å²) in [5, 5.41) is 2.67. The van der Waals surface area contributed by atoms with Gasteiger partial charge in [-0.15, -0.1) is 0 Å². The van der Waals surface area contributed by atoms with Crippen molar-refractivity contribution < 1.29 is 0 Å². The van der Waals surface area contributed by atoms with E-state index in [9.17, 15) is 0 Å². The molecule has 0 heterocycles. The average molecular weight is 699 g/mol. The van der Waals surface area contributed by atoms with Crippen LogP contribution in [-0.4, -0.2) is 0 Å². The summed E-state index contributed by atoms with van der Waals surface area (Å²) in [6.45, 7) is 12.9. The fourth-order valence-corrected chi connectivity index (χ4v) is 8.14. The van der Waals surface area contributed by atoms with Gasteiger partial charge in [-0.2, -0.15) is 0 Å². The van der Waals surface area contributed by atoms with Crippen LogP contribution in [0.25, 0.3) is 21.9 Å². The van der Waals surface area contributed by atoms with Crippen LogP contribution >= 0.6 is 0 Å². The first-order valence-electron chi connectivity index (χ1n) is 19.1. The number of fused-ring (bicyclic) bond motifs is 4. The van der Waals surface area contributed by atoms with Gasteiger partial charge < -0.3 is 0 Å². The zero-order valence-electron chi connectivity index (χ0n) is 32.5. The maximum absolute atomic E-state index is 2.35. The van der Waals surface area contributed by atoms with Gasteiger partial charge in [-0.25, -0.2) is 0 Å². The summed E-state index contributed by atoms with van der Waals surface area (Å²) in [7, 11) is 0. The lowest BCUT2D eigenvalue weighted by molar-refractivity contribution is 0.766. The van der Waals surface area contributed by atoms with Crippen molar-refractivity contribution >= 4 is 10.8 Å². The molecule has 266 valence electrons. The van der Waals surface area contributed by atoms with Gasteiger partial charge in [-0.1, -0.05) is 215 Å². The normalized spacial score (nSPS) is 12.1. The number of benzene rings is 8. The smallest absolute Gasteiger partial charge is 0.0619 e. The van der Waals surface area contributed by atoms with Crippen LogP contribution in [0.4, 0.5) is 0 Å². The highest BCUT2D eigenvalue weighted by Gasteiger charge is 2.45. The summed E-state index contributed by atoms with van der Waals surface area (Å²) in [5.74, 6) is 0. The lowest BCUT2D eigenvalue weighted by Crippen LogP contribution is -2.28. The number of rotatable bonds is 4. The predicted octanol–water partition coefficient (Wildman–Crippen LogP) is 14.0. The molecule has 8 aromatic carbocycles. The lowest BCUT2D eigenvalue weighted by atomic mass is 9.67. The number of aryl methyl sites for hydroxylation is 6. The maximum Gasteiger partial charge on any atom is 0.0713 e. The van der Waals surface area contributed by atoms with Gasteiger partial charge in [-0.05, 0) is 103 Å². The van der Waals surface area contributed by atoms with Crippen LogP contribution in [0.2, 0.25) is 0 Å². The third-order valence-electron chi connectivity index (χ3n) is 10.6. The Morgan fingerprint density at radius 1 is 0.315 bits per heavy atom. The van der Waals surface area contributed by atoms with Gasteiger partial charge in [0.2, 0.25) is 0 Å². The molecule has 0 saturated carbocycles. The molecule has 0 atom stereocenters. The van der Waals surface area contributed by atoms with Crippen LogP contribution in [0.1, 0.15) is 66.8 Å². The fraction of sp³-hybridized carbons (Fsp3) is 0.148. The van der Waals surface area contributed by atoms with Gasteiger partial charge in [0.05, 0.1) is 5.41 Å². The molecule has 1 aliphatic rings. The van der Waals surface area contributed by atoms with Crippen LogP contribution in [0, 0.1) is 41.5 Å². The summed E-state index contributed by atoms with van der Waals surface area (Å²) in [4.78, 5) is 0. The summed E-state index contributed by atoms with van der Waals surface area (Å²) in [6, 6.07) is 66.3. The Morgan fingerprint density at radius 2 is 0.685 bits per heavy atom. The molecule has 0 nitrogen and oxygen atoms in total. The Morgan fingerprint density at radius 3 is 1.09 bits per heavy atom. The van der Waals surface area contributed by atoms with Crippen LogP contribution in [0.15, 0.2) is 182 Å². The second-order valence-electron chi connectivity index (χ2n) is 15.1. The second-order valence-corrected chi connectivity index (χ2v) is 15.1. The Bertz CT molecular complexity index is 2370. The highest BCUT2D eigenvalue weighted by atomic mass is 14.5. The monoisotopic (exact) mass is 698 g/mol. The van der Waals surface area contributed by atoms with E-state index in [1.54, 1.807) is 0 Å². The summed E-state index contributed by atoms with van der Waals surface area (Å²) in [5.41, 5.74) is 18.5. The first kappa shape index (κ1) is 36.4. The molecule has 8 aromatic rings. The Kier molecular flexibility index (Phi) is 10.7. The van der Waals surface area contributed by atoms with Crippen molar-refractivity contribution in [2.24, 2.45) is 0 Å². The first-order chi connectivity index (χ1) is 26.2. The standard InChI is InChI=1S/C27H22.C15H16.C12H12/c1-19-9-7-11-21(17-19)27(22-12-8-10-20(2)18-22)25-15-5-3-13-23(25)24-14-4-6-16-26(24)27;1-12-5-3-7-14(9-12)11-15-8-4-6-13(2)10-15;1-9-3-5-12-8-10(2)4-6-11(12)7-9/h3-18H,1-2H3;3-10H,11H2,1-2H3;3-8H,1-2H3. The van der Waals surface area contributed by atoms with Crippen LogP contribution in [-0.2, 0) is 11.8 Å². The van der Waals surface area contributed by atoms with Crippen molar-refractivity contribution in [2.45, 2.75) is 53.4 Å². The third kappa shape index (κ3) is 7.71. The molecule has 0 saturated heterocycles. The van der Waals surface area contributed by atoms with Crippen molar-refractivity contribution in [1.29, 1.82) is 0 Å². The van der Waals surface area contributed by atoms with Crippen molar-refractivity contribution in [3.8, 4) is 11.1 Å². The SMILES string of the molecule is Cc1ccc2cc(C)ccc2c1.Cc1cccc(C2(c3cccc(C)c3)c3ccccc3-c3ccccc32)c1.Cc1cccc(Cc2cccc(C)c2)c1. The van der Waals surface area contributed by atoms with E-state index in [1.165, 1.54) is 88.7 Å². The van der Waals surface area contributed by atoms with E-state index in [1.807, 2.05) is 0 Å². The molecule has 0 unspecified atom stereocenters. The molecule has 0 N–H and O–H groups in total. The number of hydrogen-bond acceptors (Lipinski definition) is 0. The molecule has 0 amide bonds. The van der Waals surface area contributed by atoms with E-state index >= 15 is 0 Å². The summed E-state index contributed by atoms with van der Waals surface area (Å²) < 4.78 is 0. The van der Waals surface area contributed by atoms with Crippen LogP contribution < -0.4 is 0 Å². The maximum atomic E-state index is 2.35. The Labute approximate surface area is 322 Å². The van der Waals surface area contributed by atoms with E-state index < -0.39 is 0 Å². The van der Waals surface area contributed by atoms with Crippen LogP contribution in [0.3, 0.4) is 0 Å². The molecular weight excluding hydrogens is 649 g/mol. The topological polar surface area (TPSA) is 0 Å².